The smallest absolute Gasteiger partial charge is 0.322 e. The van der Waals surface area contributed by atoms with Crippen molar-refractivity contribution in [3.8, 4) is 11.4 Å². The molecule has 0 bridgehead atoms. The summed E-state index contributed by atoms with van der Waals surface area (Å²) in [5.74, 6) is 1.19. The molecule has 0 saturated heterocycles. The molecule has 0 saturated carbocycles. The Morgan fingerprint density at radius 2 is 1.68 bits per heavy atom. The minimum absolute atomic E-state index is 0.0923. The summed E-state index contributed by atoms with van der Waals surface area (Å²) in [5.41, 5.74) is 3.28. The van der Waals surface area contributed by atoms with Crippen LogP contribution in [-0.4, -0.2) is 46.3 Å². The molecule has 0 spiro atoms. The quantitative estimate of drug-likeness (QED) is 0.373. The summed E-state index contributed by atoms with van der Waals surface area (Å²) in [7, 11) is 0. The summed E-state index contributed by atoms with van der Waals surface area (Å²) in [4.78, 5) is 27.8. The second kappa shape index (κ2) is 12.0. The molecule has 2 N–H and O–H groups in total. The number of anilines is 2. The Hall–Kier alpha value is -3.81. The van der Waals surface area contributed by atoms with Gasteiger partial charge in [-0.1, -0.05) is 52.3 Å². The molecule has 3 amide bonds. The van der Waals surface area contributed by atoms with Gasteiger partial charge in [-0.15, -0.1) is 0 Å². The minimum atomic E-state index is -0.338. The largest absolute Gasteiger partial charge is 0.494 e. The average Bonchev–Trinajstić information content (AvgIpc) is 3.24. The number of hydrogen-bond acceptors (Lipinski definition) is 4. The summed E-state index contributed by atoms with van der Waals surface area (Å²) in [5, 5.41) is 10.6. The first kappa shape index (κ1) is 27.8. The average molecular weight is 506 g/mol. The van der Waals surface area contributed by atoms with Crippen molar-refractivity contribution in [3.63, 3.8) is 0 Å². The maximum Gasteiger partial charge on any atom is 0.322 e. The van der Waals surface area contributed by atoms with Crippen LogP contribution in [0.25, 0.3) is 5.69 Å². The lowest BCUT2D eigenvalue weighted by atomic mass is 9.92. The molecule has 0 aliphatic rings. The molecule has 1 aromatic heterocycles. The summed E-state index contributed by atoms with van der Waals surface area (Å²) in [6.45, 7) is 15.1. The highest BCUT2D eigenvalue weighted by atomic mass is 16.5. The molecule has 37 heavy (non-hydrogen) atoms. The molecule has 0 aliphatic heterocycles. The van der Waals surface area contributed by atoms with Crippen LogP contribution in [0.2, 0.25) is 0 Å². The molecule has 2 aromatic carbocycles. The Morgan fingerprint density at radius 1 is 1.03 bits per heavy atom. The third kappa shape index (κ3) is 7.84. The first-order chi connectivity index (χ1) is 17.5. The van der Waals surface area contributed by atoms with E-state index in [0.29, 0.717) is 24.7 Å². The van der Waals surface area contributed by atoms with Gasteiger partial charge < -0.3 is 20.3 Å². The minimum Gasteiger partial charge on any atom is -0.494 e. The first-order valence-corrected chi connectivity index (χ1v) is 12.7. The van der Waals surface area contributed by atoms with Crippen LogP contribution < -0.4 is 15.4 Å². The van der Waals surface area contributed by atoms with Gasteiger partial charge in [0.1, 0.15) is 18.1 Å². The van der Waals surface area contributed by atoms with E-state index in [1.165, 1.54) is 4.90 Å². The molecule has 8 nitrogen and oxygen atoms in total. The van der Waals surface area contributed by atoms with Crippen molar-refractivity contribution in [2.45, 2.75) is 53.9 Å². The molecule has 0 unspecified atom stereocenters. The van der Waals surface area contributed by atoms with Gasteiger partial charge >= 0.3 is 6.03 Å². The van der Waals surface area contributed by atoms with Crippen LogP contribution >= 0.6 is 0 Å². The number of nitrogens with zero attached hydrogens (tertiary/aromatic N) is 3. The number of carbonyl (C=O) groups is 2. The predicted octanol–water partition coefficient (Wildman–Crippen LogP) is 6.01. The zero-order chi connectivity index (χ0) is 27.2. The number of benzene rings is 2. The fourth-order valence-electron chi connectivity index (χ4n) is 3.74. The topological polar surface area (TPSA) is 88.5 Å². The van der Waals surface area contributed by atoms with Crippen LogP contribution in [0, 0.1) is 12.8 Å². The van der Waals surface area contributed by atoms with E-state index < -0.39 is 0 Å². The highest BCUT2D eigenvalue weighted by molar-refractivity contribution is 5.96. The highest BCUT2D eigenvalue weighted by Crippen LogP contribution is 2.26. The van der Waals surface area contributed by atoms with E-state index in [4.69, 9.17) is 9.84 Å². The lowest BCUT2D eigenvalue weighted by Crippen LogP contribution is -2.42. The number of amides is 3. The molecular weight excluding hydrogens is 466 g/mol. The monoisotopic (exact) mass is 505 g/mol. The van der Waals surface area contributed by atoms with E-state index in [0.717, 1.165) is 22.7 Å². The van der Waals surface area contributed by atoms with Gasteiger partial charge in [-0.05, 0) is 56.2 Å². The fraction of sp³-hybridized carbons (Fsp3) is 0.414. The second-order valence-electron chi connectivity index (χ2n) is 10.6. The molecule has 8 heteroatoms. The van der Waals surface area contributed by atoms with Crippen molar-refractivity contribution in [2.24, 2.45) is 5.92 Å². The molecule has 0 radical (unpaired) electrons. The molecule has 3 rings (SSSR count). The van der Waals surface area contributed by atoms with Gasteiger partial charge in [0.25, 0.3) is 0 Å². The van der Waals surface area contributed by atoms with Crippen molar-refractivity contribution < 1.29 is 14.3 Å². The normalized spacial score (nSPS) is 11.4. The van der Waals surface area contributed by atoms with Gasteiger partial charge in [0.2, 0.25) is 5.91 Å². The number of ether oxygens (including phenoxy) is 1. The van der Waals surface area contributed by atoms with Crippen LogP contribution in [0.15, 0.2) is 54.6 Å². The number of rotatable bonds is 9. The molecule has 198 valence electrons. The van der Waals surface area contributed by atoms with E-state index in [1.807, 2.05) is 58.0 Å². The van der Waals surface area contributed by atoms with Crippen LogP contribution in [0.3, 0.4) is 0 Å². The maximum atomic E-state index is 13.2. The van der Waals surface area contributed by atoms with Gasteiger partial charge in [0, 0.05) is 23.7 Å². The van der Waals surface area contributed by atoms with E-state index >= 15 is 0 Å². The van der Waals surface area contributed by atoms with Gasteiger partial charge in [0.05, 0.1) is 18.0 Å². The van der Waals surface area contributed by atoms with Gasteiger partial charge in [-0.2, -0.15) is 5.10 Å². The third-order valence-corrected chi connectivity index (χ3v) is 5.65. The first-order valence-electron chi connectivity index (χ1n) is 12.7. The molecule has 1 heterocycles. The SMILES string of the molecule is CCOc1ccc(NC(=O)N(CC(=O)Nc2cc(C(C)(C)C)nn2-c2ccc(C)cc2)CC(C)C)cc1. The maximum absolute atomic E-state index is 13.2. The van der Waals surface area contributed by atoms with Crippen molar-refractivity contribution in [3.05, 3.63) is 65.9 Å². The lowest BCUT2D eigenvalue weighted by Gasteiger charge is -2.24. The molecule has 0 aliphatic carbocycles. The fourth-order valence-corrected chi connectivity index (χ4v) is 3.74. The summed E-state index contributed by atoms with van der Waals surface area (Å²) >= 11 is 0. The van der Waals surface area contributed by atoms with Gasteiger partial charge in [-0.25, -0.2) is 9.48 Å². The van der Waals surface area contributed by atoms with E-state index in [1.54, 1.807) is 28.9 Å². The number of carbonyl (C=O) groups excluding carboxylic acids is 2. The molecule has 3 aromatic rings. The van der Waals surface area contributed by atoms with E-state index in [-0.39, 0.29) is 29.8 Å². The van der Waals surface area contributed by atoms with Crippen molar-refractivity contribution in [1.82, 2.24) is 14.7 Å². The van der Waals surface area contributed by atoms with E-state index in [9.17, 15) is 9.59 Å². The Labute approximate surface area is 220 Å². The predicted molar refractivity (Wildman–Crippen MR) is 149 cm³/mol. The number of aromatic nitrogens is 2. The summed E-state index contributed by atoms with van der Waals surface area (Å²) in [6.07, 6.45) is 0. The van der Waals surface area contributed by atoms with Crippen molar-refractivity contribution >= 4 is 23.4 Å². The Kier molecular flexibility index (Phi) is 8.97. The van der Waals surface area contributed by atoms with E-state index in [2.05, 4.69) is 31.4 Å². The van der Waals surface area contributed by atoms with Crippen molar-refractivity contribution in [1.29, 1.82) is 0 Å². The summed E-state index contributed by atoms with van der Waals surface area (Å²) < 4.78 is 7.20. The van der Waals surface area contributed by atoms with Gasteiger partial charge in [0.15, 0.2) is 0 Å². The van der Waals surface area contributed by atoms with Crippen LogP contribution in [0.4, 0.5) is 16.3 Å². The molecule has 0 atom stereocenters. The zero-order valence-electron chi connectivity index (χ0n) is 23.0. The lowest BCUT2D eigenvalue weighted by molar-refractivity contribution is -0.116. The number of urea groups is 1. The number of hydrogen-bond donors (Lipinski definition) is 2. The number of nitrogens with one attached hydrogen (secondary N) is 2. The number of aryl methyl sites for hydroxylation is 1. The molecule has 0 fully saturated rings. The zero-order valence-corrected chi connectivity index (χ0v) is 23.0. The second-order valence-corrected chi connectivity index (χ2v) is 10.6. The van der Waals surface area contributed by atoms with Gasteiger partial charge in [-0.3, -0.25) is 4.79 Å². The van der Waals surface area contributed by atoms with Crippen LogP contribution in [0.5, 0.6) is 5.75 Å². The van der Waals surface area contributed by atoms with Crippen LogP contribution in [0.1, 0.15) is 52.8 Å². The summed E-state index contributed by atoms with van der Waals surface area (Å²) in [6, 6.07) is 16.7. The van der Waals surface area contributed by atoms with Crippen LogP contribution in [-0.2, 0) is 10.2 Å². The Bertz CT molecular complexity index is 1190. The Balaban J connectivity index is 1.78. The Morgan fingerprint density at radius 3 is 2.24 bits per heavy atom. The highest BCUT2D eigenvalue weighted by Gasteiger charge is 2.23. The third-order valence-electron chi connectivity index (χ3n) is 5.65. The molecular formula is C29H39N5O3. The van der Waals surface area contributed by atoms with Crippen molar-refractivity contribution in [2.75, 3.05) is 30.3 Å². The standard InChI is InChI=1S/C29H39N5O3/c1-8-37-24-15-11-22(12-16-24)30-28(36)33(18-20(2)3)19-27(35)31-26-17-25(29(5,6)7)32-34(26)23-13-9-21(4)10-14-23/h9-17,20H,8,18-19H2,1-7H3,(H,30,36)(H,31,35).